The van der Waals surface area contributed by atoms with E-state index in [2.05, 4.69) is 41.4 Å². The van der Waals surface area contributed by atoms with Crippen LogP contribution in [0.3, 0.4) is 0 Å². The summed E-state index contributed by atoms with van der Waals surface area (Å²) in [5.41, 5.74) is 3.25. The lowest BCUT2D eigenvalue weighted by Crippen LogP contribution is -2.49. The minimum absolute atomic E-state index is 0.0436. The fourth-order valence-electron chi connectivity index (χ4n) is 3.76. The summed E-state index contributed by atoms with van der Waals surface area (Å²) < 4.78 is 0. The average molecular weight is 363 g/mol. The molecule has 1 saturated heterocycles. The molecule has 2 aromatic carbocycles. The second-order valence-corrected chi connectivity index (χ2v) is 7.46. The molecule has 1 aliphatic heterocycles. The Bertz CT molecular complexity index is 828. The van der Waals surface area contributed by atoms with Crippen molar-refractivity contribution in [2.45, 2.75) is 13.3 Å². The molecule has 1 saturated carbocycles. The molecule has 5 heteroatoms. The molecule has 2 amide bonds. The Hall–Kier alpha value is -2.82. The van der Waals surface area contributed by atoms with Gasteiger partial charge in [-0.2, -0.15) is 0 Å². The molecular formula is C22H25N3O2. The third kappa shape index (κ3) is 3.97. The van der Waals surface area contributed by atoms with E-state index in [4.69, 9.17) is 0 Å². The van der Waals surface area contributed by atoms with Gasteiger partial charge in [-0.3, -0.25) is 9.59 Å². The van der Waals surface area contributed by atoms with Crippen LogP contribution in [0.2, 0.25) is 0 Å². The van der Waals surface area contributed by atoms with Gasteiger partial charge < -0.3 is 15.1 Å². The van der Waals surface area contributed by atoms with Crippen molar-refractivity contribution in [2.75, 3.05) is 36.4 Å². The molecule has 1 N–H and O–H groups in total. The van der Waals surface area contributed by atoms with Gasteiger partial charge in [0.1, 0.15) is 0 Å². The standard InChI is InChI=1S/C22H25N3O2/c1-16-6-5-9-18(14-16)24-10-12-25(13-11-24)22(27)20-15-19(20)21(26)23-17-7-3-2-4-8-17/h2-9,14,19-20H,10-13,15H2,1H3,(H,23,26). The minimum atomic E-state index is -0.187. The number of aryl methyl sites for hydroxylation is 1. The Morgan fingerprint density at radius 3 is 2.37 bits per heavy atom. The summed E-state index contributed by atoms with van der Waals surface area (Å²) in [6.45, 7) is 5.20. The molecule has 0 aromatic heterocycles. The molecule has 2 aromatic rings. The molecule has 27 heavy (non-hydrogen) atoms. The van der Waals surface area contributed by atoms with Gasteiger partial charge in [-0.25, -0.2) is 0 Å². The van der Waals surface area contributed by atoms with Crippen molar-refractivity contribution in [1.82, 2.24) is 4.90 Å². The molecule has 140 valence electrons. The number of hydrogen-bond donors (Lipinski definition) is 1. The number of anilines is 2. The van der Waals surface area contributed by atoms with Crippen LogP contribution in [0.1, 0.15) is 12.0 Å². The highest BCUT2D eigenvalue weighted by atomic mass is 16.2. The van der Waals surface area contributed by atoms with Crippen molar-refractivity contribution in [3.63, 3.8) is 0 Å². The lowest BCUT2D eigenvalue weighted by Gasteiger charge is -2.36. The van der Waals surface area contributed by atoms with E-state index < -0.39 is 0 Å². The summed E-state index contributed by atoms with van der Waals surface area (Å²) >= 11 is 0. The van der Waals surface area contributed by atoms with Crippen LogP contribution in [-0.2, 0) is 9.59 Å². The molecule has 5 nitrogen and oxygen atoms in total. The van der Waals surface area contributed by atoms with Gasteiger partial charge >= 0.3 is 0 Å². The van der Waals surface area contributed by atoms with Crippen LogP contribution in [0.5, 0.6) is 0 Å². The first-order chi connectivity index (χ1) is 13.1. The van der Waals surface area contributed by atoms with Gasteiger partial charge in [-0.05, 0) is 43.2 Å². The van der Waals surface area contributed by atoms with Crippen molar-refractivity contribution < 1.29 is 9.59 Å². The molecule has 0 radical (unpaired) electrons. The number of amides is 2. The first kappa shape index (κ1) is 17.6. The molecule has 2 fully saturated rings. The third-order valence-electron chi connectivity index (χ3n) is 5.44. The monoisotopic (exact) mass is 363 g/mol. The smallest absolute Gasteiger partial charge is 0.228 e. The number of benzene rings is 2. The van der Waals surface area contributed by atoms with Gasteiger partial charge in [0, 0.05) is 37.6 Å². The highest BCUT2D eigenvalue weighted by molar-refractivity contribution is 5.99. The Morgan fingerprint density at radius 2 is 1.67 bits per heavy atom. The largest absolute Gasteiger partial charge is 0.368 e. The van der Waals surface area contributed by atoms with E-state index in [1.54, 1.807) is 0 Å². The number of nitrogens with one attached hydrogen (secondary N) is 1. The van der Waals surface area contributed by atoms with Crippen LogP contribution < -0.4 is 10.2 Å². The Morgan fingerprint density at radius 1 is 0.926 bits per heavy atom. The van der Waals surface area contributed by atoms with Crippen molar-refractivity contribution in [2.24, 2.45) is 11.8 Å². The predicted octanol–water partition coefficient (Wildman–Crippen LogP) is 2.92. The molecule has 0 bridgehead atoms. The zero-order valence-corrected chi connectivity index (χ0v) is 15.6. The topological polar surface area (TPSA) is 52.7 Å². The summed E-state index contributed by atoms with van der Waals surface area (Å²) in [5.74, 6) is -0.253. The summed E-state index contributed by atoms with van der Waals surface area (Å²) in [4.78, 5) is 29.3. The lowest BCUT2D eigenvalue weighted by molar-refractivity contribution is -0.134. The maximum absolute atomic E-state index is 12.8. The summed E-state index contributed by atoms with van der Waals surface area (Å²) in [6, 6.07) is 17.9. The number of rotatable bonds is 4. The fourth-order valence-corrected chi connectivity index (χ4v) is 3.76. The first-order valence-corrected chi connectivity index (χ1v) is 9.58. The lowest BCUT2D eigenvalue weighted by atomic mass is 10.2. The van der Waals surface area contributed by atoms with E-state index in [0.717, 1.165) is 31.9 Å². The van der Waals surface area contributed by atoms with Crippen LogP contribution in [-0.4, -0.2) is 42.9 Å². The van der Waals surface area contributed by atoms with Crippen LogP contribution in [0, 0.1) is 18.8 Å². The van der Waals surface area contributed by atoms with E-state index in [1.807, 2.05) is 35.2 Å². The summed E-state index contributed by atoms with van der Waals surface area (Å²) in [5, 5.41) is 2.91. The van der Waals surface area contributed by atoms with E-state index in [0.29, 0.717) is 6.42 Å². The van der Waals surface area contributed by atoms with Crippen molar-refractivity contribution in [3.8, 4) is 0 Å². The van der Waals surface area contributed by atoms with Crippen molar-refractivity contribution in [1.29, 1.82) is 0 Å². The number of hydrogen-bond acceptors (Lipinski definition) is 3. The zero-order valence-electron chi connectivity index (χ0n) is 15.6. The highest BCUT2D eigenvalue weighted by Gasteiger charge is 2.49. The number of nitrogens with zero attached hydrogens (tertiary/aromatic N) is 2. The minimum Gasteiger partial charge on any atom is -0.368 e. The second-order valence-electron chi connectivity index (χ2n) is 7.46. The molecule has 4 rings (SSSR count). The number of para-hydroxylation sites is 1. The maximum Gasteiger partial charge on any atom is 0.228 e. The van der Waals surface area contributed by atoms with Gasteiger partial charge in [0.15, 0.2) is 0 Å². The molecular weight excluding hydrogens is 338 g/mol. The SMILES string of the molecule is Cc1cccc(N2CCN(C(=O)C3CC3C(=O)Nc3ccccc3)CC2)c1. The van der Waals surface area contributed by atoms with Crippen LogP contribution in [0.25, 0.3) is 0 Å². The number of piperazine rings is 1. The molecule has 0 spiro atoms. The Balaban J connectivity index is 1.28. The Labute approximate surface area is 160 Å². The first-order valence-electron chi connectivity index (χ1n) is 9.58. The van der Waals surface area contributed by atoms with E-state index in [9.17, 15) is 9.59 Å². The summed E-state index contributed by atoms with van der Waals surface area (Å²) in [6.07, 6.45) is 0.662. The number of carbonyl (C=O) groups is 2. The summed E-state index contributed by atoms with van der Waals surface area (Å²) in [7, 11) is 0. The highest BCUT2D eigenvalue weighted by Crippen LogP contribution is 2.41. The fraction of sp³-hybridized carbons (Fsp3) is 0.364. The van der Waals surface area contributed by atoms with Gasteiger partial charge in [-0.15, -0.1) is 0 Å². The molecule has 1 heterocycles. The van der Waals surface area contributed by atoms with Crippen LogP contribution in [0.15, 0.2) is 54.6 Å². The molecule has 1 aliphatic carbocycles. The van der Waals surface area contributed by atoms with Crippen LogP contribution in [0.4, 0.5) is 11.4 Å². The van der Waals surface area contributed by atoms with Gasteiger partial charge in [0.05, 0.1) is 11.8 Å². The normalized spacial score (nSPS) is 21.7. The van der Waals surface area contributed by atoms with Gasteiger partial charge in [-0.1, -0.05) is 30.3 Å². The molecule has 2 atom stereocenters. The predicted molar refractivity (Wildman–Crippen MR) is 107 cm³/mol. The van der Waals surface area contributed by atoms with Crippen molar-refractivity contribution in [3.05, 3.63) is 60.2 Å². The third-order valence-corrected chi connectivity index (χ3v) is 5.44. The quantitative estimate of drug-likeness (QED) is 0.909. The van der Waals surface area contributed by atoms with Crippen LogP contribution >= 0.6 is 0 Å². The second kappa shape index (κ2) is 7.43. The Kier molecular flexibility index (Phi) is 4.84. The maximum atomic E-state index is 12.8. The van der Waals surface area contributed by atoms with Gasteiger partial charge in [0.25, 0.3) is 0 Å². The van der Waals surface area contributed by atoms with E-state index in [-0.39, 0.29) is 23.7 Å². The van der Waals surface area contributed by atoms with E-state index >= 15 is 0 Å². The van der Waals surface area contributed by atoms with Gasteiger partial charge in [0.2, 0.25) is 11.8 Å². The number of carbonyl (C=O) groups excluding carboxylic acids is 2. The van der Waals surface area contributed by atoms with Crippen molar-refractivity contribution >= 4 is 23.2 Å². The zero-order chi connectivity index (χ0) is 18.8. The molecule has 2 aliphatic rings. The average Bonchev–Trinajstić information content (AvgIpc) is 3.49. The van der Waals surface area contributed by atoms with E-state index in [1.165, 1.54) is 11.3 Å². The molecule has 2 unspecified atom stereocenters.